The van der Waals surface area contributed by atoms with Gasteiger partial charge in [0.05, 0.1) is 7.05 Å². The first kappa shape index (κ1) is 22.3. The van der Waals surface area contributed by atoms with Crippen molar-refractivity contribution in [3.63, 3.8) is 0 Å². The Morgan fingerprint density at radius 2 is 1.00 bits per heavy atom. The Labute approximate surface area is 193 Å². The van der Waals surface area contributed by atoms with E-state index in [1.807, 2.05) is 91.0 Å². The van der Waals surface area contributed by atoms with E-state index in [9.17, 15) is 8.78 Å². The summed E-state index contributed by atoms with van der Waals surface area (Å²) in [4.78, 5) is 7.70. The number of benzene rings is 3. The van der Waals surface area contributed by atoms with Crippen molar-refractivity contribution in [2.45, 2.75) is 0 Å². The molecule has 9 heteroatoms. The third-order valence-corrected chi connectivity index (χ3v) is 8.84. The molecule has 0 atom stereocenters. The van der Waals surface area contributed by atoms with Gasteiger partial charge in [0.1, 0.15) is 15.7 Å². The van der Waals surface area contributed by atoms with E-state index in [1.54, 1.807) is 0 Å². The predicted molar refractivity (Wildman–Crippen MR) is 126 cm³/mol. The summed E-state index contributed by atoms with van der Waals surface area (Å²) < 4.78 is 27.6. The van der Waals surface area contributed by atoms with Crippen LogP contribution >= 0.6 is 30.3 Å². The Hall–Kier alpha value is -2.92. The SMILES string of the molecule is Fc1nc(F)c(Cl)c(N=NN=P(c2ccccc2)(c2ccccc2)c2ccccc2)c1Cl. The first-order valence-corrected chi connectivity index (χ1v) is 11.9. The lowest BCUT2D eigenvalue weighted by Gasteiger charge is -2.24. The summed E-state index contributed by atoms with van der Waals surface area (Å²) in [6.07, 6.45) is 0. The fourth-order valence-electron chi connectivity index (χ4n) is 3.22. The van der Waals surface area contributed by atoms with Gasteiger partial charge in [-0.15, -0.1) is 9.97 Å². The number of hydrogen-bond donors (Lipinski definition) is 0. The number of aromatic nitrogens is 1. The van der Waals surface area contributed by atoms with Gasteiger partial charge in [0.25, 0.3) is 0 Å². The van der Waals surface area contributed by atoms with E-state index in [1.165, 1.54) is 0 Å². The van der Waals surface area contributed by atoms with Gasteiger partial charge < -0.3 is 0 Å². The van der Waals surface area contributed by atoms with Crippen LogP contribution in [0.25, 0.3) is 0 Å². The van der Waals surface area contributed by atoms with E-state index < -0.39 is 29.0 Å². The molecule has 3 aromatic carbocycles. The second-order valence-electron chi connectivity index (χ2n) is 6.59. The predicted octanol–water partition coefficient (Wildman–Crippen LogP) is 6.84. The molecule has 160 valence electrons. The van der Waals surface area contributed by atoms with Crippen LogP contribution in [0.3, 0.4) is 0 Å². The van der Waals surface area contributed by atoms with Crippen molar-refractivity contribution in [2.75, 3.05) is 0 Å². The second kappa shape index (κ2) is 9.70. The molecule has 1 aromatic heterocycles. The standard InChI is InChI=1S/C23H15Cl2F2N4P/c24-19-21(20(25)23(27)28-22(19)26)29-30-31-32(16-10-4-1-5-11-16,17-12-6-2-7-13-17)18-14-8-3-9-15-18/h1-15H. The first-order chi connectivity index (χ1) is 15.5. The van der Waals surface area contributed by atoms with Crippen LogP contribution in [-0.2, 0) is 0 Å². The van der Waals surface area contributed by atoms with Gasteiger partial charge in [-0.3, -0.25) is 0 Å². The van der Waals surface area contributed by atoms with Gasteiger partial charge in [-0.2, -0.15) is 13.8 Å². The van der Waals surface area contributed by atoms with Gasteiger partial charge in [0.15, 0.2) is 0 Å². The highest BCUT2D eigenvalue weighted by atomic mass is 35.5. The second-order valence-corrected chi connectivity index (χ2v) is 10.3. The van der Waals surface area contributed by atoms with Gasteiger partial charge in [-0.05, 0) is 5.22 Å². The largest absolute Gasteiger partial charge is 0.236 e. The molecule has 32 heavy (non-hydrogen) atoms. The lowest BCUT2D eigenvalue weighted by Crippen LogP contribution is -2.25. The summed E-state index contributed by atoms with van der Waals surface area (Å²) in [5.74, 6) is -2.45. The van der Waals surface area contributed by atoms with Crippen LogP contribution in [0.4, 0.5) is 14.5 Å². The Balaban J connectivity index is 2.01. The van der Waals surface area contributed by atoms with Crippen molar-refractivity contribution in [2.24, 2.45) is 15.2 Å². The molecule has 0 aliphatic heterocycles. The van der Waals surface area contributed by atoms with Crippen molar-refractivity contribution in [3.05, 3.63) is 113 Å². The molecule has 4 aromatic rings. The highest BCUT2D eigenvalue weighted by Crippen LogP contribution is 2.47. The molecule has 0 spiro atoms. The average Bonchev–Trinajstić information content (AvgIpc) is 2.84. The summed E-state index contributed by atoms with van der Waals surface area (Å²) in [7, 11) is -2.67. The van der Waals surface area contributed by atoms with Crippen molar-refractivity contribution in [1.82, 2.24) is 4.98 Å². The average molecular weight is 487 g/mol. The molecule has 0 aliphatic rings. The molecular weight excluding hydrogens is 472 g/mol. The fraction of sp³-hybridized carbons (Fsp3) is 0. The maximum absolute atomic E-state index is 13.8. The van der Waals surface area contributed by atoms with Crippen LogP contribution in [0.5, 0.6) is 0 Å². The topological polar surface area (TPSA) is 50.0 Å². The summed E-state index contributed by atoms with van der Waals surface area (Å²) in [6.45, 7) is 0. The van der Waals surface area contributed by atoms with Crippen LogP contribution in [0.15, 0.2) is 106 Å². The lowest BCUT2D eigenvalue weighted by molar-refractivity contribution is 0.514. The minimum absolute atomic E-state index is 0.366. The van der Waals surface area contributed by atoms with Crippen molar-refractivity contribution < 1.29 is 8.78 Å². The molecule has 0 N–H and O–H groups in total. The van der Waals surface area contributed by atoms with Crippen LogP contribution in [0.2, 0.25) is 10.0 Å². The highest BCUT2D eigenvalue weighted by Gasteiger charge is 2.28. The molecule has 4 rings (SSSR count). The van der Waals surface area contributed by atoms with E-state index in [0.717, 1.165) is 15.9 Å². The zero-order valence-electron chi connectivity index (χ0n) is 16.4. The minimum Gasteiger partial charge on any atom is -0.188 e. The summed E-state index contributed by atoms with van der Waals surface area (Å²) in [5, 5.41) is 9.64. The van der Waals surface area contributed by atoms with Crippen molar-refractivity contribution in [3.8, 4) is 0 Å². The third kappa shape index (κ3) is 4.22. The van der Waals surface area contributed by atoms with Crippen LogP contribution in [0.1, 0.15) is 0 Å². The number of halogens is 4. The van der Waals surface area contributed by atoms with Crippen molar-refractivity contribution >= 4 is 51.9 Å². The minimum atomic E-state index is -2.67. The Morgan fingerprint density at radius 3 is 1.38 bits per heavy atom. The van der Waals surface area contributed by atoms with Gasteiger partial charge >= 0.3 is 0 Å². The molecule has 4 nitrogen and oxygen atoms in total. The number of nitrogens with zero attached hydrogens (tertiary/aromatic N) is 4. The molecule has 1 heterocycles. The normalized spacial score (nSPS) is 11.6. The van der Waals surface area contributed by atoms with Gasteiger partial charge in [-0.1, -0.05) is 114 Å². The lowest BCUT2D eigenvalue weighted by atomic mass is 10.4. The molecule has 0 saturated carbocycles. The van der Waals surface area contributed by atoms with E-state index in [0.29, 0.717) is 0 Å². The maximum atomic E-state index is 13.8. The quantitative estimate of drug-likeness (QED) is 0.132. The molecule has 0 aliphatic carbocycles. The molecule has 0 saturated heterocycles. The van der Waals surface area contributed by atoms with Crippen LogP contribution in [-0.4, -0.2) is 4.98 Å². The van der Waals surface area contributed by atoms with E-state index in [4.69, 9.17) is 23.2 Å². The Kier molecular flexibility index (Phi) is 6.75. The molecule has 0 unspecified atom stereocenters. The molecular formula is C23H15Cl2F2N4P. The summed E-state index contributed by atoms with van der Waals surface area (Å²) >= 11 is 11.8. The number of hydrogen-bond acceptors (Lipinski definition) is 2. The Morgan fingerprint density at radius 1 is 0.625 bits per heavy atom. The highest BCUT2D eigenvalue weighted by molar-refractivity contribution is 7.87. The molecule has 0 amide bonds. The number of rotatable bonds is 5. The zero-order chi connectivity index (χ0) is 22.6. The van der Waals surface area contributed by atoms with Gasteiger partial charge in [-0.25, -0.2) is 0 Å². The molecule has 0 radical (unpaired) electrons. The van der Waals surface area contributed by atoms with Crippen molar-refractivity contribution in [1.29, 1.82) is 0 Å². The third-order valence-electron chi connectivity index (χ3n) is 4.68. The summed E-state index contributed by atoms with van der Waals surface area (Å²) in [6, 6.07) is 29.1. The maximum Gasteiger partial charge on any atom is 0.236 e. The zero-order valence-corrected chi connectivity index (χ0v) is 18.8. The fourth-order valence-corrected chi connectivity index (χ4v) is 6.79. The van der Waals surface area contributed by atoms with E-state index in [2.05, 4.69) is 20.2 Å². The van der Waals surface area contributed by atoms with E-state index >= 15 is 0 Å². The van der Waals surface area contributed by atoms with Crippen LogP contribution in [0, 0.1) is 11.9 Å². The Bertz CT molecular complexity index is 1190. The molecule has 0 fully saturated rings. The van der Waals surface area contributed by atoms with Gasteiger partial charge in [0, 0.05) is 15.9 Å². The monoisotopic (exact) mass is 486 g/mol. The van der Waals surface area contributed by atoms with Crippen LogP contribution < -0.4 is 15.9 Å². The smallest absolute Gasteiger partial charge is 0.188 e. The summed E-state index contributed by atoms with van der Waals surface area (Å²) in [5.41, 5.74) is -0.366. The molecule has 0 bridgehead atoms. The van der Waals surface area contributed by atoms with E-state index in [-0.39, 0.29) is 5.69 Å². The van der Waals surface area contributed by atoms with Gasteiger partial charge in [0.2, 0.25) is 11.9 Å². The first-order valence-electron chi connectivity index (χ1n) is 9.43. The number of pyridine rings is 1.